The number of hydrogen-bond acceptors (Lipinski definition) is 2. The van der Waals surface area contributed by atoms with Gasteiger partial charge in [0.05, 0.1) is 6.42 Å². The number of benzene rings is 1. The molecule has 1 N–H and O–H groups in total. The van der Waals surface area contributed by atoms with Crippen molar-refractivity contribution < 1.29 is 14.7 Å². The van der Waals surface area contributed by atoms with Crippen molar-refractivity contribution in [3.63, 3.8) is 0 Å². The smallest absolute Gasteiger partial charge is 0.307 e. The van der Waals surface area contributed by atoms with E-state index < -0.39 is 11.3 Å². The second kappa shape index (κ2) is 5.12. The average molecular weight is 241 g/mol. The summed E-state index contributed by atoms with van der Waals surface area (Å²) in [4.78, 5) is 21.8. The van der Waals surface area contributed by atoms with Gasteiger partial charge in [-0.3, -0.25) is 9.59 Å². The van der Waals surface area contributed by atoms with Crippen LogP contribution in [-0.2, 0) is 16.0 Å². The highest BCUT2D eigenvalue weighted by Gasteiger charge is 2.17. The zero-order chi connectivity index (χ0) is 12.3. The quantitative estimate of drug-likeness (QED) is 0.823. The summed E-state index contributed by atoms with van der Waals surface area (Å²) in [6.45, 7) is 3.20. The van der Waals surface area contributed by atoms with Crippen LogP contribution < -0.4 is 0 Å². The number of ketones is 1. The Morgan fingerprint density at radius 1 is 1.44 bits per heavy atom. The van der Waals surface area contributed by atoms with E-state index >= 15 is 0 Å². The second-order valence-electron chi connectivity index (χ2n) is 3.68. The van der Waals surface area contributed by atoms with Crippen LogP contribution in [0.2, 0.25) is 0 Å². The lowest BCUT2D eigenvalue weighted by Crippen LogP contribution is -2.08. The molecule has 4 heteroatoms. The molecule has 1 aromatic carbocycles. The van der Waals surface area contributed by atoms with Gasteiger partial charge >= 0.3 is 5.97 Å². The summed E-state index contributed by atoms with van der Waals surface area (Å²) in [7, 11) is 0. The number of carboxylic acid groups (broad SMARTS) is 1. The Morgan fingerprint density at radius 2 is 2.06 bits per heavy atom. The molecule has 1 aromatic rings. The number of rotatable bonds is 4. The van der Waals surface area contributed by atoms with Gasteiger partial charge in [-0.2, -0.15) is 0 Å². The SMILES string of the molecule is CC(=O)C(Cl)c1cccc(CC(=O)O)c1C. The lowest BCUT2D eigenvalue weighted by atomic mass is 9.97. The number of hydrogen-bond donors (Lipinski definition) is 1. The molecule has 0 saturated heterocycles. The fourth-order valence-electron chi connectivity index (χ4n) is 1.55. The van der Waals surface area contributed by atoms with E-state index in [2.05, 4.69) is 0 Å². The summed E-state index contributed by atoms with van der Waals surface area (Å²) >= 11 is 5.96. The molecule has 0 aliphatic rings. The van der Waals surface area contributed by atoms with Crippen LogP contribution in [0, 0.1) is 6.92 Å². The third-order valence-corrected chi connectivity index (χ3v) is 3.00. The molecular formula is C12H13ClO3. The van der Waals surface area contributed by atoms with Gasteiger partial charge in [-0.1, -0.05) is 18.2 Å². The predicted molar refractivity (Wildman–Crippen MR) is 61.8 cm³/mol. The Hall–Kier alpha value is -1.35. The second-order valence-corrected chi connectivity index (χ2v) is 4.11. The minimum absolute atomic E-state index is 0.0544. The molecule has 1 rings (SSSR count). The van der Waals surface area contributed by atoms with Crippen LogP contribution in [0.25, 0.3) is 0 Å². The van der Waals surface area contributed by atoms with E-state index in [0.717, 1.165) is 5.56 Å². The third-order valence-electron chi connectivity index (χ3n) is 2.46. The van der Waals surface area contributed by atoms with E-state index in [1.54, 1.807) is 25.1 Å². The molecule has 0 heterocycles. The molecule has 1 unspecified atom stereocenters. The maximum Gasteiger partial charge on any atom is 0.307 e. The highest BCUT2D eigenvalue weighted by molar-refractivity contribution is 6.30. The molecule has 0 amide bonds. The van der Waals surface area contributed by atoms with Crippen LogP contribution in [0.1, 0.15) is 29.0 Å². The fraction of sp³-hybridized carbons (Fsp3) is 0.333. The molecule has 0 spiro atoms. The average Bonchev–Trinajstić information content (AvgIpc) is 2.19. The molecule has 16 heavy (non-hydrogen) atoms. The van der Waals surface area contributed by atoms with Crippen molar-refractivity contribution in [2.75, 3.05) is 0 Å². The monoisotopic (exact) mass is 240 g/mol. The van der Waals surface area contributed by atoms with E-state index in [1.165, 1.54) is 6.92 Å². The molecule has 1 atom stereocenters. The number of carbonyl (C=O) groups is 2. The zero-order valence-electron chi connectivity index (χ0n) is 9.16. The predicted octanol–water partition coefficient (Wildman–Crippen LogP) is 2.49. The van der Waals surface area contributed by atoms with E-state index in [4.69, 9.17) is 16.7 Å². The molecular weight excluding hydrogens is 228 g/mol. The molecule has 0 aliphatic carbocycles. The highest BCUT2D eigenvalue weighted by atomic mass is 35.5. The van der Waals surface area contributed by atoms with Gasteiger partial charge in [0.15, 0.2) is 5.78 Å². The Balaban J connectivity index is 3.13. The summed E-state index contributed by atoms with van der Waals surface area (Å²) in [6.07, 6.45) is -0.0544. The van der Waals surface area contributed by atoms with Gasteiger partial charge < -0.3 is 5.11 Å². The van der Waals surface area contributed by atoms with Crippen molar-refractivity contribution in [2.45, 2.75) is 25.6 Å². The molecule has 0 bridgehead atoms. The number of halogens is 1. The van der Waals surface area contributed by atoms with Crippen molar-refractivity contribution in [1.82, 2.24) is 0 Å². The number of carboxylic acids is 1. The minimum Gasteiger partial charge on any atom is -0.481 e. The topological polar surface area (TPSA) is 54.4 Å². The van der Waals surface area contributed by atoms with Gasteiger partial charge in [0.1, 0.15) is 5.38 Å². The number of carbonyl (C=O) groups excluding carboxylic acids is 1. The summed E-state index contributed by atoms with van der Waals surface area (Å²) in [6, 6.07) is 5.20. The normalized spacial score (nSPS) is 12.2. The Morgan fingerprint density at radius 3 is 2.56 bits per heavy atom. The number of alkyl halides is 1. The first-order chi connectivity index (χ1) is 7.43. The van der Waals surface area contributed by atoms with Crippen molar-refractivity contribution in [1.29, 1.82) is 0 Å². The van der Waals surface area contributed by atoms with Crippen LogP contribution >= 0.6 is 11.6 Å². The lowest BCUT2D eigenvalue weighted by Gasteiger charge is -2.12. The summed E-state index contributed by atoms with van der Waals surface area (Å²) in [5.74, 6) is -1.04. The summed E-state index contributed by atoms with van der Waals surface area (Å²) in [5.41, 5.74) is 2.16. The van der Waals surface area contributed by atoms with Crippen LogP contribution in [0.15, 0.2) is 18.2 Å². The zero-order valence-corrected chi connectivity index (χ0v) is 9.91. The highest BCUT2D eigenvalue weighted by Crippen LogP contribution is 2.26. The molecule has 3 nitrogen and oxygen atoms in total. The summed E-state index contributed by atoms with van der Waals surface area (Å²) < 4.78 is 0. The van der Waals surface area contributed by atoms with Gasteiger partial charge in [0.25, 0.3) is 0 Å². The Labute approximate surface area is 99.0 Å². The van der Waals surface area contributed by atoms with Crippen LogP contribution in [-0.4, -0.2) is 16.9 Å². The first-order valence-corrected chi connectivity index (χ1v) is 5.31. The molecule has 86 valence electrons. The van der Waals surface area contributed by atoms with E-state index in [0.29, 0.717) is 11.1 Å². The first-order valence-electron chi connectivity index (χ1n) is 4.88. The van der Waals surface area contributed by atoms with E-state index in [9.17, 15) is 9.59 Å². The molecule has 0 fully saturated rings. The number of Topliss-reactive ketones (excluding diaryl/α,β-unsaturated/α-hetero) is 1. The van der Waals surface area contributed by atoms with Crippen LogP contribution in [0.3, 0.4) is 0 Å². The molecule has 0 radical (unpaired) electrons. The lowest BCUT2D eigenvalue weighted by molar-refractivity contribution is -0.136. The Kier molecular flexibility index (Phi) is 4.07. The van der Waals surface area contributed by atoms with Crippen LogP contribution in [0.4, 0.5) is 0 Å². The third kappa shape index (κ3) is 2.83. The van der Waals surface area contributed by atoms with Crippen molar-refractivity contribution >= 4 is 23.4 Å². The maximum atomic E-state index is 11.2. The van der Waals surface area contributed by atoms with Crippen molar-refractivity contribution in [2.24, 2.45) is 0 Å². The van der Waals surface area contributed by atoms with E-state index in [1.807, 2.05) is 0 Å². The molecule has 0 aromatic heterocycles. The first kappa shape index (κ1) is 12.7. The van der Waals surface area contributed by atoms with Crippen LogP contribution in [0.5, 0.6) is 0 Å². The van der Waals surface area contributed by atoms with Gasteiger partial charge in [-0.25, -0.2) is 0 Å². The largest absolute Gasteiger partial charge is 0.481 e. The van der Waals surface area contributed by atoms with Gasteiger partial charge in [-0.05, 0) is 30.5 Å². The Bertz CT molecular complexity index is 426. The summed E-state index contributed by atoms with van der Waals surface area (Å²) in [5, 5.41) is 8.03. The minimum atomic E-state index is -0.894. The van der Waals surface area contributed by atoms with Gasteiger partial charge in [-0.15, -0.1) is 11.6 Å². The van der Waals surface area contributed by atoms with Crippen molar-refractivity contribution in [3.05, 3.63) is 34.9 Å². The van der Waals surface area contributed by atoms with E-state index in [-0.39, 0.29) is 12.2 Å². The number of aliphatic carboxylic acids is 1. The fourth-order valence-corrected chi connectivity index (χ4v) is 1.79. The maximum absolute atomic E-state index is 11.2. The molecule has 0 saturated carbocycles. The molecule has 0 aliphatic heterocycles. The van der Waals surface area contributed by atoms with Gasteiger partial charge in [0.2, 0.25) is 0 Å². The van der Waals surface area contributed by atoms with Crippen molar-refractivity contribution in [3.8, 4) is 0 Å². The van der Waals surface area contributed by atoms with Gasteiger partial charge in [0, 0.05) is 0 Å². The standard InChI is InChI=1S/C12H13ClO3/c1-7-9(6-11(15)16)4-3-5-10(7)12(13)8(2)14/h3-5,12H,6H2,1-2H3,(H,15,16).